The Morgan fingerprint density at radius 1 is 1.47 bits per heavy atom. The number of nitrogens with one attached hydrogen (secondary N) is 2. The fourth-order valence-corrected chi connectivity index (χ4v) is 2.96. The molecule has 0 aliphatic rings. The largest absolute Gasteiger partial charge is 0.398 e. The lowest BCUT2D eigenvalue weighted by Crippen LogP contribution is -2.24. The zero-order chi connectivity index (χ0) is 14.0. The first-order valence-electron chi connectivity index (χ1n) is 5.18. The van der Waals surface area contributed by atoms with Gasteiger partial charge in [-0.05, 0) is 24.6 Å². The van der Waals surface area contributed by atoms with Gasteiger partial charge in [-0.3, -0.25) is 0 Å². The summed E-state index contributed by atoms with van der Waals surface area (Å²) in [4.78, 5) is -0.0826. The average Bonchev–Trinajstić information content (AvgIpc) is 2.84. The van der Waals surface area contributed by atoms with Gasteiger partial charge in [0.05, 0.1) is 11.6 Å². The molecule has 0 amide bonds. The molecule has 1 heterocycles. The third kappa shape index (κ3) is 3.00. The lowest BCUT2D eigenvalue weighted by Gasteiger charge is -2.09. The highest BCUT2D eigenvalue weighted by molar-refractivity contribution is 7.89. The lowest BCUT2D eigenvalue weighted by atomic mass is 10.2. The van der Waals surface area contributed by atoms with Crippen LogP contribution in [0.5, 0.6) is 0 Å². The minimum atomic E-state index is -3.79. The van der Waals surface area contributed by atoms with Crippen molar-refractivity contribution < 1.29 is 8.42 Å². The van der Waals surface area contributed by atoms with Crippen molar-refractivity contribution in [1.82, 2.24) is 25.3 Å². The van der Waals surface area contributed by atoms with Gasteiger partial charge in [0.15, 0.2) is 5.82 Å². The van der Waals surface area contributed by atoms with Crippen molar-refractivity contribution in [2.45, 2.75) is 18.4 Å². The van der Waals surface area contributed by atoms with Crippen LogP contribution in [-0.4, -0.2) is 29.0 Å². The number of H-pyrrole nitrogens is 1. The van der Waals surface area contributed by atoms with Gasteiger partial charge in [0.1, 0.15) is 4.90 Å². The molecule has 0 bridgehead atoms. The van der Waals surface area contributed by atoms with Crippen LogP contribution in [-0.2, 0) is 16.6 Å². The third-order valence-corrected chi connectivity index (χ3v) is 4.29. The van der Waals surface area contributed by atoms with Crippen LogP contribution >= 0.6 is 11.6 Å². The van der Waals surface area contributed by atoms with Gasteiger partial charge in [0.25, 0.3) is 0 Å². The molecular weight excluding hydrogens is 292 g/mol. The number of sulfonamides is 1. The normalized spacial score (nSPS) is 11.7. The summed E-state index contributed by atoms with van der Waals surface area (Å²) >= 11 is 5.92. The lowest BCUT2D eigenvalue weighted by molar-refractivity contribution is 0.579. The molecule has 0 fully saturated rings. The summed E-state index contributed by atoms with van der Waals surface area (Å²) in [5.74, 6) is 0.222. The molecule has 0 saturated carbocycles. The maximum Gasteiger partial charge on any atom is 0.242 e. The van der Waals surface area contributed by atoms with E-state index in [1.165, 1.54) is 12.1 Å². The number of nitrogens with zero attached hydrogens (tertiary/aromatic N) is 3. The second-order valence-corrected chi connectivity index (χ2v) is 5.93. The van der Waals surface area contributed by atoms with E-state index in [1.54, 1.807) is 6.92 Å². The highest BCUT2D eigenvalue weighted by atomic mass is 35.5. The summed E-state index contributed by atoms with van der Waals surface area (Å²) in [5, 5.41) is 12.9. The number of nitrogen functional groups attached to an aromatic ring is 1. The van der Waals surface area contributed by atoms with E-state index in [0.717, 1.165) is 0 Å². The molecule has 0 unspecified atom stereocenters. The Morgan fingerprint density at radius 2 is 2.21 bits per heavy atom. The molecule has 0 aliphatic heterocycles. The van der Waals surface area contributed by atoms with Crippen LogP contribution < -0.4 is 10.5 Å². The Labute approximate surface area is 114 Å². The molecule has 0 saturated heterocycles. The number of hydrogen-bond acceptors (Lipinski definition) is 6. The first-order chi connectivity index (χ1) is 8.90. The number of halogens is 1. The minimum absolute atomic E-state index is 0.0826. The van der Waals surface area contributed by atoms with E-state index in [4.69, 9.17) is 17.3 Å². The summed E-state index contributed by atoms with van der Waals surface area (Å²) in [5.41, 5.74) is 6.75. The van der Waals surface area contributed by atoms with Crippen LogP contribution in [0.25, 0.3) is 0 Å². The highest BCUT2D eigenvalue weighted by Crippen LogP contribution is 2.26. The van der Waals surface area contributed by atoms with Crippen molar-refractivity contribution in [3.63, 3.8) is 0 Å². The van der Waals surface area contributed by atoms with E-state index in [-0.39, 0.29) is 22.3 Å². The van der Waals surface area contributed by atoms with E-state index >= 15 is 0 Å². The maximum absolute atomic E-state index is 12.1. The smallest absolute Gasteiger partial charge is 0.242 e. The molecule has 10 heteroatoms. The number of anilines is 1. The number of aromatic amines is 1. The van der Waals surface area contributed by atoms with Crippen LogP contribution in [0.2, 0.25) is 5.02 Å². The topological polar surface area (TPSA) is 127 Å². The van der Waals surface area contributed by atoms with Gasteiger partial charge in [-0.25, -0.2) is 13.1 Å². The summed E-state index contributed by atoms with van der Waals surface area (Å²) < 4.78 is 26.5. The summed E-state index contributed by atoms with van der Waals surface area (Å²) in [6, 6.07) is 2.82. The van der Waals surface area contributed by atoms with Crippen molar-refractivity contribution in [3.8, 4) is 0 Å². The van der Waals surface area contributed by atoms with Crippen LogP contribution in [0.4, 0.5) is 5.69 Å². The molecule has 8 nitrogen and oxygen atoms in total. The standard InChI is InChI=1S/C9H11ClN6O2S/c1-5-2-6(10)8(3-7(5)11)19(17,18)12-4-9-13-15-16-14-9/h2-3,12H,4,11H2,1H3,(H,13,14,15,16). The van der Waals surface area contributed by atoms with Gasteiger partial charge < -0.3 is 5.73 Å². The van der Waals surface area contributed by atoms with E-state index < -0.39 is 10.0 Å². The van der Waals surface area contributed by atoms with Gasteiger partial charge in [0, 0.05) is 5.69 Å². The predicted molar refractivity (Wildman–Crippen MR) is 68.8 cm³/mol. The van der Waals surface area contributed by atoms with Crippen molar-refractivity contribution >= 4 is 27.3 Å². The molecule has 0 spiro atoms. The first kappa shape index (κ1) is 13.7. The van der Waals surface area contributed by atoms with Gasteiger partial charge in [-0.15, -0.1) is 10.2 Å². The number of aromatic nitrogens is 4. The van der Waals surface area contributed by atoms with Crippen LogP contribution in [0, 0.1) is 6.92 Å². The van der Waals surface area contributed by atoms with Crippen molar-refractivity contribution in [1.29, 1.82) is 0 Å². The Balaban J connectivity index is 2.27. The van der Waals surface area contributed by atoms with Crippen molar-refractivity contribution in [2.24, 2.45) is 0 Å². The Bertz CT molecular complexity index is 685. The minimum Gasteiger partial charge on any atom is -0.398 e. The molecule has 0 atom stereocenters. The average molecular weight is 303 g/mol. The number of aryl methyl sites for hydroxylation is 1. The SMILES string of the molecule is Cc1cc(Cl)c(S(=O)(=O)NCc2nn[nH]n2)cc1N. The molecule has 1 aromatic carbocycles. The Morgan fingerprint density at radius 3 is 2.84 bits per heavy atom. The van der Waals surface area contributed by atoms with E-state index in [0.29, 0.717) is 11.3 Å². The quantitative estimate of drug-likeness (QED) is 0.693. The second-order valence-electron chi connectivity index (χ2n) is 3.79. The molecule has 19 heavy (non-hydrogen) atoms. The van der Waals surface area contributed by atoms with Crippen LogP contribution in [0.3, 0.4) is 0 Å². The summed E-state index contributed by atoms with van der Waals surface area (Å²) in [6.45, 7) is 1.65. The maximum atomic E-state index is 12.1. The summed E-state index contributed by atoms with van der Waals surface area (Å²) in [6.07, 6.45) is 0. The van der Waals surface area contributed by atoms with Crippen molar-refractivity contribution in [2.75, 3.05) is 5.73 Å². The number of tetrazole rings is 1. The van der Waals surface area contributed by atoms with Gasteiger partial charge >= 0.3 is 0 Å². The fourth-order valence-electron chi connectivity index (χ4n) is 1.37. The number of nitrogens with two attached hydrogens (primary N) is 1. The van der Waals surface area contributed by atoms with E-state index in [1.807, 2.05) is 0 Å². The molecule has 0 radical (unpaired) electrons. The Hall–Kier alpha value is -1.71. The second kappa shape index (κ2) is 5.11. The van der Waals surface area contributed by atoms with E-state index in [9.17, 15) is 8.42 Å². The van der Waals surface area contributed by atoms with Crippen molar-refractivity contribution in [3.05, 3.63) is 28.5 Å². The molecular formula is C9H11ClN6O2S. The fraction of sp³-hybridized carbons (Fsp3) is 0.222. The molecule has 4 N–H and O–H groups in total. The molecule has 0 aliphatic carbocycles. The zero-order valence-electron chi connectivity index (χ0n) is 9.88. The molecule has 2 aromatic rings. The van der Waals surface area contributed by atoms with Crippen LogP contribution in [0.15, 0.2) is 17.0 Å². The zero-order valence-corrected chi connectivity index (χ0v) is 11.5. The number of hydrogen-bond donors (Lipinski definition) is 3. The van der Waals surface area contributed by atoms with Gasteiger partial charge in [0.2, 0.25) is 10.0 Å². The highest BCUT2D eigenvalue weighted by Gasteiger charge is 2.19. The predicted octanol–water partition coefficient (Wildman–Crippen LogP) is 0.222. The Kier molecular flexibility index (Phi) is 3.69. The monoisotopic (exact) mass is 302 g/mol. The molecule has 2 rings (SSSR count). The van der Waals surface area contributed by atoms with Crippen LogP contribution in [0.1, 0.15) is 11.4 Å². The first-order valence-corrected chi connectivity index (χ1v) is 7.04. The summed E-state index contributed by atoms with van der Waals surface area (Å²) in [7, 11) is -3.79. The van der Waals surface area contributed by atoms with Gasteiger partial charge in [-0.2, -0.15) is 5.21 Å². The molecule has 1 aromatic heterocycles. The number of benzene rings is 1. The third-order valence-electron chi connectivity index (χ3n) is 2.42. The van der Waals surface area contributed by atoms with E-state index in [2.05, 4.69) is 25.3 Å². The molecule has 102 valence electrons. The number of rotatable bonds is 4. The van der Waals surface area contributed by atoms with Gasteiger partial charge in [-0.1, -0.05) is 16.8 Å².